The van der Waals surface area contributed by atoms with Crippen molar-refractivity contribution in [1.82, 2.24) is 10.0 Å². The molecule has 0 unspecified atom stereocenters. The van der Waals surface area contributed by atoms with Crippen LogP contribution in [0.2, 0.25) is 0 Å². The van der Waals surface area contributed by atoms with E-state index in [1.54, 1.807) is 45.0 Å². The maximum Gasteiger partial charge on any atom is 0.241 e. The lowest BCUT2D eigenvalue weighted by Crippen LogP contribution is -2.40. The molecule has 0 aliphatic carbocycles. The van der Waals surface area contributed by atoms with E-state index in [1.165, 1.54) is 6.07 Å². The standard InChI is InChI=1S/C18H22F2N2O2S/c1-18(2,3)22-25(23,24)17-7-5-4-6-14(17)12-21-11-13-8-9-15(19)16(20)10-13/h4-10,21-22H,11-12H2,1-3H3. The van der Waals surface area contributed by atoms with Crippen LogP contribution in [0.5, 0.6) is 0 Å². The monoisotopic (exact) mass is 368 g/mol. The molecule has 4 nitrogen and oxygen atoms in total. The lowest BCUT2D eigenvalue weighted by atomic mass is 10.1. The minimum absolute atomic E-state index is 0.197. The molecule has 0 heterocycles. The zero-order valence-electron chi connectivity index (χ0n) is 14.4. The van der Waals surface area contributed by atoms with Crippen molar-refractivity contribution < 1.29 is 17.2 Å². The Labute approximate surface area is 147 Å². The first-order valence-electron chi connectivity index (χ1n) is 7.85. The fraction of sp³-hybridized carbons (Fsp3) is 0.333. The SMILES string of the molecule is CC(C)(C)NS(=O)(=O)c1ccccc1CNCc1ccc(F)c(F)c1. The summed E-state index contributed by atoms with van der Waals surface area (Å²) < 4.78 is 53.9. The van der Waals surface area contributed by atoms with Crippen molar-refractivity contribution in [3.8, 4) is 0 Å². The molecule has 0 bridgehead atoms. The summed E-state index contributed by atoms with van der Waals surface area (Å²) in [6.45, 7) is 5.88. The third-order valence-corrected chi connectivity index (χ3v) is 5.19. The lowest BCUT2D eigenvalue weighted by Gasteiger charge is -2.21. The number of sulfonamides is 1. The molecule has 0 aromatic heterocycles. The van der Waals surface area contributed by atoms with Crippen LogP contribution in [0.25, 0.3) is 0 Å². The molecule has 0 fully saturated rings. The molecule has 0 spiro atoms. The molecule has 0 radical (unpaired) electrons. The van der Waals surface area contributed by atoms with Crippen LogP contribution in [0.1, 0.15) is 31.9 Å². The Kier molecular flexibility index (Phi) is 5.92. The summed E-state index contributed by atoms with van der Waals surface area (Å²) in [5.74, 6) is -1.80. The minimum Gasteiger partial charge on any atom is -0.309 e. The first kappa shape index (κ1) is 19.5. The smallest absolute Gasteiger partial charge is 0.241 e. The second kappa shape index (κ2) is 7.59. The highest BCUT2D eigenvalue weighted by atomic mass is 32.2. The van der Waals surface area contributed by atoms with E-state index >= 15 is 0 Å². The van der Waals surface area contributed by atoms with E-state index in [0.29, 0.717) is 11.1 Å². The van der Waals surface area contributed by atoms with Gasteiger partial charge in [0.15, 0.2) is 11.6 Å². The van der Waals surface area contributed by atoms with E-state index in [0.717, 1.165) is 12.1 Å². The van der Waals surface area contributed by atoms with Crippen LogP contribution in [0.4, 0.5) is 8.78 Å². The molecule has 0 saturated carbocycles. The van der Waals surface area contributed by atoms with E-state index in [9.17, 15) is 17.2 Å². The van der Waals surface area contributed by atoms with Gasteiger partial charge in [-0.15, -0.1) is 0 Å². The molecular weight excluding hydrogens is 346 g/mol. The first-order valence-corrected chi connectivity index (χ1v) is 9.33. The number of nitrogens with one attached hydrogen (secondary N) is 2. The van der Waals surface area contributed by atoms with Gasteiger partial charge in [-0.3, -0.25) is 0 Å². The van der Waals surface area contributed by atoms with Crippen molar-refractivity contribution in [2.45, 2.75) is 44.3 Å². The van der Waals surface area contributed by atoms with Crippen molar-refractivity contribution in [3.63, 3.8) is 0 Å². The van der Waals surface area contributed by atoms with E-state index < -0.39 is 27.2 Å². The second-order valence-electron chi connectivity index (χ2n) is 6.82. The van der Waals surface area contributed by atoms with E-state index in [-0.39, 0.29) is 18.0 Å². The second-order valence-corrected chi connectivity index (χ2v) is 8.47. The van der Waals surface area contributed by atoms with Crippen molar-refractivity contribution in [3.05, 3.63) is 65.2 Å². The topological polar surface area (TPSA) is 58.2 Å². The fourth-order valence-corrected chi connectivity index (χ4v) is 4.02. The quantitative estimate of drug-likeness (QED) is 0.822. The zero-order chi connectivity index (χ0) is 18.7. The van der Waals surface area contributed by atoms with Gasteiger partial charge in [-0.25, -0.2) is 21.9 Å². The summed E-state index contributed by atoms with van der Waals surface area (Å²) in [6, 6.07) is 10.3. The molecule has 2 aromatic rings. The molecule has 0 amide bonds. The van der Waals surface area contributed by atoms with Gasteiger partial charge in [-0.2, -0.15) is 0 Å². The summed E-state index contributed by atoms with van der Waals surface area (Å²) in [5, 5.41) is 3.06. The summed E-state index contributed by atoms with van der Waals surface area (Å²) in [5.41, 5.74) is 0.583. The van der Waals surface area contributed by atoms with Gasteiger partial charge in [0.05, 0.1) is 4.90 Å². The lowest BCUT2D eigenvalue weighted by molar-refractivity contribution is 0.490. The van der Waals surface area contributed by atoms with Crippen LogP contribution in [-0.2, 0) is 23.1 Å². The highest BCUT2D eigenvalue weighted by Gasteiger charge is 2.24. The number of benzene rings is 2. The molecular formula is C18H22F2N2O2S. The summed E-state index contributed by atoms with van der Waals surface area (Å²) in [4.78, 5) is 0.197. The summed E-state index contributed by atoms with van der Waals surface area (Å²) in [7, 11) is -3.66. The molecule has 2 aromatic carbocycles. The molecule has 0 aliphatic heterocycles. The van der Waals surface area contributed by atoms with Crippen LogP contribution in [-0.4, -0.2) is 14.0 Å². The Morgan fingerprint density at radius 3 is 2.28 bits per heavy atom. The molecule has 136 valence electrons. The first-order chi connectivity index (χ1) is 11.6. The third kappa shape index (κ3) is 5.59. The fourth-order valence-electron chi connectivity index (χ4n) is 2.36. The van der Waals surface area contributed by atoms with Gasteiger partial charge in [0, 0.05) is 18.6 Å². The van der Waals surface area contributed by atoms with Crippen LogP contribution in [0.15, 0.2) is 47.4 Å². The van der Waals surface area contributed by atoms with Crippen LogP contribution in [0.3, 0.4) is 0 Å². The van der Waals surface area contributed by atoms with Crippen molar-refractivity contribution >= 4 is 10.0 Å². The molecule has 2 N–H and O–H groups in total. The average molecular weight is 368 g/mol. The predicted octanol–water partition coefficient (Wildman–Crippen LogP) is 3.33. The van der Waals surface area contributed by atoms with Crippen molar-refractivity contribution in [2.75, 3.05) is 0 Å². The van der Waals surface area contributed by atoms with E-state index in [1.807, 2.05) is 0 Å². The summed E-state index contributed by atoms with van der Waals surface area (Å²) >= 11 is 0. The van der Waals surface area contributed by atoms with Crippen LogP contribution < -0.4 is 10.0 Å². The highest BCUT2D eigenvalue weighted by Crippen LogP contribution is 2.18. The Morgan fingerprint density at radius 2 is 1.64 bits per heavy atom. The zero-order valence-corrected chi connectivity index (χ0v) is 15.3. The molecule has 7 heteroatoms. The van der Waals surface area contributed by atoms with Crippen molar-refractivity contribution in [1.29, 1.82) is 0 Å². The normalized spacial score (nSPS) is 12.4. The molecule has 0 aliphatic rings. The third-order valence-electron chi connectivity index (χ3n) is 3.33. The average Bonchev–Trinajstić information content (AvgIpc) is 2.49. The minimum atomic E-state index is -3.66. The Hall–Kier alpha value is -1.83. The van der Waals surface area contributed by atoms with Crippen LogP contribution >= 0.6 is 0 Å². The van der Waals surface area contributed by atoms with Crippen LogP contribution in [0, 0.1) is 11.6 Å². The van der Waals surface area contributed by atoms with Gasteiger partial charge in [0.1, 0.15) is 0 Å². The van der Waals surface area contributed by atoms with Crippen molar-refractivity contribution in [2.24, 2.45) is 0 Å². The Balaban J connectivity index is 2.11. The number of hydrogen-bond acceptors (Lipinski definition) is 3. The number of hydrogen-bond donors (Lipinski definition) is 2. The molecule has 2 rings (SSSR count). The van der Waals surface area contributed by atoms with E-state index in [2.05, 4.69) is 10.0 Å². The number of halogens is 2. The predicted molar refractivity (Wildman–Crippen MR) is 93.4 cm³/mol. The largest absolute Gasteiger partial charge is 0.309 e. The van der Waals surface area contributed by atoms with Gasteiger partial charge < -0.3 is 5.32 Å². The number of rotatable bonds is 6. The Morgan fingerprint density at radius 1 is 0.960 bits per heavy atom. The van der Waals surface area contributed by atoms with E-state index in [4.69, 9.17) is 0 Å². The maximum absolute atomic E-state index is 13.2. The van der Waals surface area contributed by atoms with Gasteiger partial charge in [0.2, 0.25) is 10.0 Å². The maximum atomic E-state index is 13.2. The summed E-state index contributed by atoms with van der Waals surface area (Å²) in [6.07, 6.45) is 0. The van der Waals surface area contributed by atoms with Gasteiger partial charge in [-0.05, 0) is 50.1 Å². The van der Waals surface area contributed by atoms with Gasteiger partial charge in [-0.1, -0.05) is 24.3 Å². The van der Waals surface area contributed by atoms with Gasteiger partial charge in [0.25, 0.3) is 0 Å². The highest BCUT2D eigenvalue weighted by molar-refractivity contribution is 7.89. The van der Waals surface area contributed by atoms with Gasteiger partial charge >= 0.3 is 0 Å². The molecule has 25 heavy (non-hydrogen) atoms. The molecule has 0 saturated heterocycles. The molecule has 0 atom stereocenters. The Bertz CT molecular complexity index is 846.